The maximum Gasteiger partial charge on any atom is 0.391 e. The van der Waals surface area contributed by atoms with Crippen molar-refractivity contribution in [3.8, 4) is 0 Å². The number of aryl methyl sites for hydroxylation is 2. The average Bonchev–Trinajstić information content (AvgIpc) is 2.54. The van der Waals surface area contributed by atoms with Gasteiger partial charge in [-0.15, -0.1) is 0 Å². The Labute approximate surface area is 157 Å². The fourth-order valence-corrected chi connectivity index (χ4v) is 3.42. The van der Waals surface area contributed by atoms with E-state index in [1.807, 2.05) is 31.7 Å². The summed E-state index contributed by atoms with van der Waals surface area (Å²) in [7, 11) is 1.62. The minimum atomic E-state index is -4.14. The lowest BCUT2D eigenvalue weighted by Gasteiger charge is -2.37. The molecule has 0 unspecified atom stereocenters. The molecule has 1 fully saturated rings. The number of rotatable bonds is 6. The molecule has 3 rings (SSSR count). The number of methoxy groups -OCH3 is 1. The van der Waals surface area contributed by atoms with Gasteiger partial charge in [0.25, 0.3) is 0 Å². The Morgan fingerprint density at radius 2 is 1.89 bits per heavy atom. The van der Waals surface area contributed by atoms with E-state index < -0.39 is 12.1 Å². The Hall–Kier alpha value is -1.96. The van der Waals surface area contributed by atoms with Gasteiger partial charge in [-0.25, -0.2) is 9.97 Å². The number of ether oxygens (including phenoxy) is 1. The highest BCUT2D eigenvalue weighted by Crippen LogP contribution is 2.50. The molecule has 148 valence electrons. The van der Waals surface area contributed by atoms with Crippen LogP contribution in [-0.4, -0.2) is 47.9 Å². The molecule has 1 aliphatic carbocycles. The molecule has 0 spiro atoms. The third kappa shape index (κ3) is 4.00. The number of halogens is 3. The minimum absolute atomic E-state index is 0.0756. The second kappa shape index (κ2) is 7.58. The van der Waals surface area contributed by atoms with Gasteiger partial charge in [0.05, 0.1) is 18.2 Å². The van der Waals surface area contributed by atoms with Gasteiger partial charge in [-0.05, 0) is 45.2 Å². The van der Waals surface area contributed by atoms with Crippen LogP contribution in [0.4, 0.5) is 19.1 Å². The lowest BCUT2D eigenvalue weighted by Crippen LogP contribution is -2.35. The highest BCUT2D eigenvalue weighted by molar-refractivity contribution is 5.80. The quantitative estimate of drug-likeness (QED) is 0.751. The zero-order valence-electron chi connectivity index (χ0n) is 16.1. The summed E-state index contributed by atoms with van der Waals surface area (Å²) in [6.45, 7) is 7.63. The Balaban J connectivity index is 2.03. The molecule has 0 radical (unpaired) electrons. The van der Waals surface area contributed by atoms with Gasteiger partial charge in [-0.1, -0.05) is 0 Å². The number of alkyl halides is 3. The molecule has 5 nitrogen and oxygen atoms in total. The summed E-state index contributed by atoms with van der Waals surface area (Å²) in [4.78, 5) is 15.8. The smallest absolute Gasteiger partial charge is 0.383 e. The SMILES string of the molecule is CCN(CCOC)c1nc(C2CC(C(F)(F)F)C2)c2cc(C)c(C)nc2n1. The van der Waals surface area contributed by atoms with E-state index in [9.17, 15) is 13.2 Å². The van der Waals surface area contributed by atoms with Crippen molar-refractivity contribution in [3.63, 3.8) is 0 Å². The molecule has 2 aromatic heterocycles. The molecular formula is C19H25F3N4O. The first-order chi connectivity index (χ1) is 12.7. The van der Waals surface area contributed by atoms with E-state index in [1.54, 1.807) is 7.11 Å². The molecule has 0 aliphatic heterocycles. The topological polar surface area (TPSA) is 51.1 Å². The molecule has 1 saturated carbocycles. The van der Waals surface area contributed by atoms with Gasteiger partial charge in [0.2, 0.25) is 5.95 Å². The average molecular weight is 382 g/mol. The van der Waals surface area contributed by atoms with Crippen molar-refractivity contribution in [2.75, 3.05) is 31.7 Å². The summed E-state index contributed by atoms with van der Waals surface area (Å²) in [6, 6.07) is 1.95. The van der Waals surface area contributed by atoms with Crippen LogP contribution in [0.1, 0.15) is 42.6 Å². The molecule has 2 aromatic rings. The molecule has 2 heterocycles. The number of aromatic nitrogens is 3. The van der Waals surface area contributed by atoms with Crippen LogP contribution in [0.5, 0.6) is 0 Å². The fraction of sp³-hybridized carbons (Fsp3) is 0.632. The summed E-state index contributed by atoms with van der Waals surface area (Å²) in [5, 5.41) is 0.760. The number of hydrogen-bond acceptors (Lipinski definition) is 5. The van der Waals surface area contributed by atoms with E-state index >= 15 is 0 Å². The number of likely N-dealkylation sites (N-methyl/N-ethyl adjacent to an activating group) is 1. The molecular weight excluding hydrogens is 357 g/mol. The molecule has 8 heteroatoms. The first-order valence-electron chi connectivity index (χ1n) is 9.21. The van der Waals surface area contributed by atoms with Crippen molar-refractivity contribution in [1.82, 2.24) is 15.0 Å². The Bertz CT molecular complexity index is 819. The fourth-order valence-electron chi connectivity index (χ4n) is 3.42. The van der Waals surface area contributed by atoms with Gasteiger partial charge < -0.3 is 9.64 Å². The molecule has 27 heavy (non-hydrogen) atoms. The van der Waals surface area contributed by atoms with Gasteiger partial charge in [0, 0.05) is 37.2 Å². The lowest BCUT2D eigenvalue weighted by molar-refractivity contribution is -0.197. The van der Waals surface area contributed by atoms with Crippen LogP contribution in [0.2, 0.25) is 0 Å². The van der Waals surface area contributed by atoms with Crippen molar-refractivity contribution in [3.05, 3.63) is 23.0 Å². The lowest BCUT2D eigenvalue weighted by atomic mass is 9.72. The van der Waals surface area contributed by atoms with Crippen molar-refractivity contribution < 1.29 is 17.9 Å². The highest BCUT2D eigenvalue weighted by Gasteiger charge is 2.49. The molecule has 0 saturated heterocycles. The minimum Gasteiger partial charge on any atom is -0.383 e. The van der Waals surface area contributed by atoms with E-state index in [2.05, 4.69) is 15.0 Å². The van der Waals surface area contributed by atoms with Gasteiger partial charge in [0.15, 0.2) is 5.65 Å². The predicted molar refractivity (Wildman–Crippen MR) is 98.1 cm³/mol. The summed E-state index contributed by atoms with van der Waals surface area (Å²) in [6.07, 6.45) is -3.99. The first-order valence-corrected chi connectivity index (χ1v) is 9.21. The molecule has 0 amide bonds. The van der Waals surface area contributed by atoms with E-state index in [1.165, 1.54) is 0 Å². The highest BCUT2D eigenvalue weighted by atomic mass is 19.4. The number of hydrogen-bond donors (Lipinski definition) is 0. The largest absolute Gasteiger partial charge is 0.391 e. The second-order valence-electron chi connectivity index (χ2n) is 7.15. The Morgan fingerprint density at radius 1 is 1.19 bits per heavy atom. The third-order valence-electron chi connectivity index (χ3n) is 5.37. The molecule has 0 bridgehead atoms. The normalized spacial score (nSPS) is 20.0. The van der Waals surface area contributed by atoms with Crippen molar-refractivity contribution in [1.29, 1.82) is 0 Å². The standard InChI is InChI=1S/C19H25F3N4O/c1-5-26(6-7-27-4)18-24-16(13-9-14(10-13)19(20,21)22)15-8-11(2)12(3)23-17(15)25-18/h8,13-14H,5-7,9-10H2,1-4H3. The molecule has 0 aromatic carbocycles. The van der Waals surface area contributed by atoms with Gasteiger partial charge >= 0.3 is 6.18 Å². The number of fused-ring (bicyclic) bond motifs is 1. The van der Waals surface area contributed by atoms with E-state index in [-0.39, 0.29) is 18.8 Å². The number of anilines is 1. The summed E-state index contributed by atoms with van der Waals surface area (Å²) < 4.78 is 44.0. The van der Waals surface area contributed by atoms with Crippen LogP contribution < -0.4 is 4.90 Å². The molecule has 0 atom stereocenters. The molecule has 0 N–H and O–H groups in total. The maximum atomic E-state index is 13.0. The van der Waals surface area contributed by atoms with Crippen molar-refractivity contribution in [2.24, 2.45) is 5.92 Å². The van der Waals surface area contributed by atoms with Crippen LogP contribution in [0, 0.1) is 19.8 Å². The van der Waals surface area contributed by atoms with Gasteiger partial charge in [-0.2, -0.15) is 18.2 Å². The van der Waals surface area contributed by atoms with E-state index in [0.717, 1.165) is 16.6 Å². The summed E-state index contributed by atoms with van der Waals surface area (Å²) >= 11 is 0. The first kappa shape index (κ1) is 19.8. The third-order valence-corrected chi connectivity index (χ3v) is 5.37. The maximum absolute atomic E-state index is 13.0. The zero-order chi connectivity index (χ0) is 19.8. The number of nitrogens with zero attached hydrogens (tertiary/aromatic N) is 4. The van der Waals surface area contributed by atoms with Crippen LogP contribution in [-0.2, 0) is 4.74 Å². The summed E-state index contributed by atoms with van der Waals surface area (Å²) in [5.74, 6) is -0.958. The van der Waals surface area contributed by atoms with Gasteiger partial charge in [0.1, 0.15) is 0 Å². The van der Waals surface area contributed by atoms with Crippen LogP contribution in [0.3, 0.4) is 0 Å². The zero-order valence-corrected chi connectivity index (χ0v) is 16.1. The van der Waals surface area contributed by atoms with Crippen molar-refractivity contribution in [2.45, 2.75) is 45.7 Å². The van der Waals surface area contributed by atoms with Crippen LogP contribution in [0.25, 0.3) is 11.0 Å². The number of pyridine rings is 1. The van der Waals surface area contributed by atoms with Crippen molar-refractivity contribution >= 4 is 17.0 Å². The Kier molecular flexibility index (Phi) is 5.55. The Morgan fingerprint density at radius 3 is 2.48 bits per heavy atom. The van der Waals surface area contributed by atoms with Gasteiger partial charge in [-0.3, -0.25) is 0 Å². The predicted octanol–water partition coefficient (Wildman–Crippen LogP) is 4.17. The summed E-state index contributed by atoms with van der Waals surface area (Å²) in [5.41, 5.74) is 3.07. The van der Waals surface area contributed by atoms with E-state index in [4.69, 9.17) is 4.74 Å². The second-order valence-corrected chi connectivity index (χ2v) is 7.15. The van der Waals surface area contributed by atoms with E-state index in [0.29, 0.717) is 37.0 Å². The van der Waals surface area contributed by atoms with Crippen LogP contribution >= 0.6 is 0 Å². The van der Waals surface area contributed by atoms with Crippen LogP contribution in [0.15, 0.2) is 6.07 Å². The monoisotopic (exact) mass is 382 g/mol. The molecule has 1 aliphatic rings.